The van der Waals surface area contributed by atoms with Gasteiger partial charge in [0.1, 0.15) is 4.90 Å². The summed E-state index contributed by atoms with van der Waals surface area (Å²) >= 11 is 12.0. The molecule has 2 aromatic heterocycles. The molecule has 0 unspecified atom stereocenters. The Labute approximate surface area is 165 Å². The van der Waals surface area contributed by atoms with E-state index in [1.807, 2.05) is 12.1 Å². The smallest absolute Gasteiger partial charge is 0.269 e. The van der Waals surface area contributed by atoms with Crippen molar-refractivity contribution in [1.82, 2.24) is 13.9 Å². The normalized spacial score (nSPS) is 11.8. The minimum absolute atomic E-state index is 0.0388. The van der Waals surface area contributed by atoms with Crippen LogP contribution in [0.25, 0.3) is 22.2 Å². The lowest BCUT2D eigenvalue weighted by atomic mass is 10.1. The first kappa shape index (κ1) is 17.8. The summed E-state index contributed by atoms with van der Waals surface area (Å²) in [4.78, 5) is 8.05. The van der Waals surface area contributed by atoms with Crippen LogP contribution in [0.2, 0.25) is 10.0 Å². The molecule has 0 fully saturated rings. The fraction of sp³-hybridized carbons (Fsp3) is 0. The molecule has 2 heterocycles. The molecule has 2 aromatic carbocycles. The van der Waals surface area contributed by atoms with Crippen LogP contribution in [0.4, 0.5) is 5.95 Å². The van der Waals surface area contributed by atoms with Crippen molar-refractivity contribution in [2.24, 2.45) is 0 Å². The minimum Gasteiger partial charge on any atom is -0.368 e. The second kappa shape index (κ2) is 6.53. The number of benzene rings is 2. The second-order valence-electron chi connectivity index (χ2n) is 5.74. The summed E-state index contributed by atoms with van der Waals surface area (Å²) in [6.45, 7) is 0. The summed E-state index contributed by atoms with van der Waals surface area (Å²) in [7, 11) is -3.96. The standard InChI is InChI=1S/C18H12Cl2N4O2S/c19-11-5-6-17(14(20)9-11)27(25,26)24-10-13(12-3-1-2-4-16(12)24)15-7-8-22-18(21)23-15/h1-10H,(H2,21,22,23). The van der Waals surface area contributed by atoms with Crippen LogP contribution < -0.4 is 5.73 Å². The monoisotopic (exact) mass is 418 g/mol. The van der Waals surface area contributed by atoms with Gasteiger partial charge in [0.2, 0.25) is 5.95 Å². The molecule has 0 aliphatic rings. The molecule has 0 aliphatic carbocycles. The largest absolute Gasteiger partial charge is 0.368 e. The molecule has 4 aromatic rings. The van der Waals surface area contributed by atoms with E-state index in [9.17, 15) is 8.42 Å². The van der Waals surface area contributed by atoms with Gasteiger partial charge in [-0.15, -0.1) is 0 Å². The highest BCUT2D eigenvalue weighted by Gasteiger charge is 2.24. The van der Waals surface area contributed by atoms with Crippen LogP contribution >= 0.6 is 23.2 Å². The van der Waals surface area contributed by atoms with E-state index >= 15 is 0 Å². The summed E-state index contributed by atoms with van der Waals surface area (Å²) in [6, 6.07) is 13.1. The van der Waals surface area contributed by atoms with Crippen molar-refractivity contribution in [3.05, 3.63) is 71.0 Å². The van der Waals surface area contributed by atoms with Crippen LogP contribution in [0, 0.1) is 0 Å². The maximum Gasteiger partial charge on any atom is 0.269 e. The molecule has 4 rings (SSSR count). The molecule has 0 bridgehead atoms. The maximum absolute atomic E-state index is 13.3. The van der Waals surface area contributed by atoms with E-state index in [2.05, 4.69) is 9.97 Å². The Morgan fingerprint density at radius 1 is 1.04 bits per heavy atom. The van der Waals surface area contributed by atoms with Gasteiger partial charge in [0.15, 0.2) is 0 Å². The van der Waals surface area contributed by atoms with E-state index in [0.717, 1.165) is 0 Å². The Morgan fingerprint density at radius 2 is 1.81 bits per heavy atom. The van der Waals surface area contributed by atoms with Crippen LogP contribution in [0.1, 0.15) is 0 Å². The summed E-state index contributed by atoms with van der Waals surface area (Å²) in [5.41, 5.74) is 7.32. The third-order valence-corrected chi connectivity index (χ3v) is 6.45. The number of fused-ring (bicyclic) bond motifs is 1. The molecule has 27 heavy (non-hydrogen) atoms. The molecule has 0 radical (unpaired) electrons. The quantitative estimate of drug-likeness (QED) is 0.537. The average Bonchev–Trinajstić information content (AvgIpc) is 3.02. The molecule has 6 nitrogen and oxygen atoms in total. The number of nitrogens with zero attached hydrogens (tertiary/aromatic N) is 3. The van der Waals surface area contributed by atoms with Crippen LogP contribution in [0.15, 0.2) is 65.8 Å². The van der Waals surface area contributed by atoms with E-state index in [-0.39, 0.29) is 15.9 Å². The van der Waals surface area contributed by atoms with Crippen molar-refractivity contribution in [3.63, 3.8) is 0 Å². The highest BCUT2D eigenvalue weighted by Crippen LogP contribution is 2.34. The first-order chi connectivity index (χ1) is 12.9. The maximum atomic E-state index is 13.3. The van der Waals surface area contributed by atoms with Crippen molar-refractivity contribution >= 4 is 50.1 Å². The Balaban J connectivity index is 2.00. The Morgan fingerprint density at radius 3 is 2.56 bits per heavy atom. The van der Waals surface area contributed by atoms with Gasteiger partial charge in [-0.1, -0.05) is 41.4 Å². The molecular formula is C18H12Cl2N4O2S. The zero-order valence-corrected chi connectivity index (χ0v) is 16.0. The summed E-state index contributed by atoms with van der Waals surface area (Å²) in [5, 5.41) is 1.12. The molecule has 0 amide bonds. The molecule has 136 valence electrons. The van der Waals surface area contributed by atoms with Gasteiger partial charge >= 0.3 is 0 Å². The molecule has 0 spiro atoms. The number of anilines is 1. The number of nitrogens with two attached hydrogens (primary N) is 1. The molecule has 0 saturated carbocycles. The third kappa shape index (κ3) is 3.03. The number of rotatable bonds is 3. The van der Waals surface area contributed by atoms with Gasteiger partial charge in [0, 0.05) is 28.4 Å². The number of halogens is 2. The van der Waals surface area contributed by atoms with Crippen molar-refractivity contribution in [2.45, 2.75) is 4.90 Å². The van der Waals surface area contributed by atoms with E-state index in [1.54, 1.807) is 18.2 Å². The molecule has 0 aliphatic heterocycles. The summed E-state index contributed by atoms with van der Waals surface area (Å²) < 4.78 is 27.7. The fourth-order valence-corrected chi connectivity index (χ4v) is 4.99. The number of hydrogen-bond donors (Lipinski definition) is 1. The second-order valence-corrected chi connectivity index (χ2v) is 8.36. The van der Waals surface area contributed by atoms with Crippen LogP contribution in [-0.4, -0.2) is 22.4 Å². The van der Waals surface area contributed by atoms with Crippen molar-refractivity contribution < 1.29 is 8.42 Å². The average molecular weight is 419 g/mol. The van der Waals surface area contributed by atoms with E-state index in [0.29, 0.717) is 27.2 Å². The van der Waals surface area contributed by atoms with E-state index in [4.69, 9.17) is 28.9 Å². The summed E-state index contributed by atoms with van der Waals surface area (Å²) in [5.74, 6) is 0.105. The predicted octanol–water partition coefficient (Wildman–Crippen LogP) is 4.22. The molecule has 2 N–H and O–H groups in total. The van der Waals surface area contributed by atoms with Crippen LogP contribution in [-0.2, 0) is 10.0 Å². The minimum atomic E-state index is -3.96. The van der Waals surface area contributed by atoms with Gasteiger partial charge in [-0.25, -0.2) is 22.4 Å². The molecule has 9 heteroatoms. The first-order valence-electron chi connectivity index (χ1n) is 7.77. The Bertz CT molecular complexity index is 1290. The summed E-state index contributed by atoms with van der Waals surface area (Å²) in [6.07, 6.45) is 3.03. The van der Waals surface area contributed by atoms with Crippen molar-refractivity contribution in [2.75, 3.05) is 5.73 Å². The van der Waals surface area contributed by atoms with Crippen molar-refractivity contribution in [1.29, 1.82) is 0 Å². The Hall–Kier alpha value is -2.61. The van der Waals surface area contributed by atoms with Crippen LogP contribution in [0.5, 0.6) is 0 Å². The highest BCUT2D eigenvalue weighted by molar-refractivity contribution is 7.90. The van der Waals surface area contributed by atoms with E-state index < -0.39 is 10.0 Å². The first-order valence-corrected chi connectivity index (χ1v) is 9.97. The molecular weight excluding hydrogens is 407 g/mol. The zero-order chi connectivity index (χ0) is 19.2. The third-order valence-electron chi connectivity index (χ3n) is 4.06. The lowest BCUT2D eigenvalue weighted by molar-refractivity contribution is 0.589. The highest BCUT2D eigenvalue weighted by atomic mass is 35.5. The van der Waals surface area contributed by atoms with Gasteiger partial charge in [0.25, 0.3) is 10.0 Å². The molecule has 0 atom stereocenters. The van der Waals surface area contributed by atoms with Gasteiger partial charge in [0.05, 0.1) is 16.2 Å². The number of para-hydroxylation sites is 1. The predicted molar refractivity (Wildman–Crippen MR) is 106 cm³/mol. The topological polar surface area (TPSA) is 90.9 Å². The van der Waals surface area contributed by atoms with E-state index in [1.165, 1.54) is 34.6 Å². The number of aromatic nitrogens is 3. The lowest BCUT2D eigenvalue weighted by Gasteiger charge is -2.09. The number of nitrogen functional groups attached to an aromatic ring is 1. The van der Waals surface area contributed by atoms with Gasteiger partial charge in [-0.05, 0) is 30.3 Å². The SMILES string of the molecule is Nc1nccc(-c2cn(S(=O)(=O)c3ccc(Cl)cc3Cl)c3ccccc23)n1. The van der Waals surface area contributed by atoms with Gasteiger partial charge in [-0.2, -0.15) is 0 Å². The van der Waals surface area contributed by atoms with Gasteiger partial charge < -0.3 is 5.73 Å². The fourth-order valence-electron chi connectivity index (χ4n) is 2.87. The zero-order valence-electron chi connectivity index (χ0n) is 13.7. The Kier molecular flexibility index (Phi) is 4.30. The lowest BCUT2D eigenvalue weighted by Crippen LogP contribution is -2.12. The van der Waals surface area contributed by atoms with Crippen molar-refractivity contribution in [3.8, 4) is 11.3 Å². The van der Waals surface area contributed by atoms with Gasteiger partial charge in [-0.3, -0.25) is 0 Å². The number of hydrogen-bond acceptors (Lipinski definition) is 5. The molecule has 0 saturated heterocycles. The van der Waals surface area contributed by atoms with Crippen LogP contribution in [0.3, 0.4) is 0 Å².